The molecule has 0 spiro atoms. The third kappa shape index (κ3) is 8.37. The number of nitriles is 1. The van der Waals surface area contributed by atoms with E-state index in [-0.39, 0.29) is 30.0 Å². The SMILES string of the molecule is C=CCNC(=O)/C(C#N)=C1\SC(CNc2ccc(C(=O)NCCN(CC)CCC)cc2)C(=O)N1C(C)C. The summed E-state index contributed by atoms with van der Waals surface area (Å²) in [6.07, 6.45) is 2.61. The van der Waals surface area contributed by atoms with Crippen LogP contribution in [0.15, 0.2) is 47.5 Å². The predicted molar refractivity (Wildman–Crippen MR) is 149 cm³/mol. The first kappa shape index (κ1) is 29.9. The summed E-state index contributed by atoms with van der Waals surface area (Å²) in [6.45, 7) is 15.4. The molecule has 0 radical (unpaired) electrons. The van der Waals surface area contributed by atoms with Gasteiger partial charge >= 0.3 is 0 Å². The molecule has 1 aliphatic rings. The fourth-order valence-electron chi connectivity index (χ4n) is 3.87. The summed E-state index contributed by atoms with van der Waals surface area (Å²) < 4.78 is 0. The smallest absolute Gasteiger partial charge is 0.264 e. The molecule has 0 aliphatic carbocycles. The lowest BCUT2D eigenvalue weighted by Crippen LogP contribution is -2.37. The minimum Gasteiger partial charge on any atom is -0.383 e. The Kier molecular flexibility index (Phi) is 12.2. The Labute approximate surface area is 224 Å². The topological polar surface area (TPSA) is 118 Å². The van der Waals surface area contributed by atoms with Crippen LogP contribution in [0.1, 0.15) is 44.5 Å². The summed E-state index contributed by atoms with van der Waals surface area (Å²) in [5.74, 6) is -0.813. The second kappa shape index (κ2) is 15.1. The number of amides is 3. The van der Waals surface area contributed by atoms with Gasteiger partial charge in [-0.2, -0.15) is 5.26 Å². The first-order valence-electron chi connectivity index (χ1n) is 12.6. The second-order valence-electron chi connectivity index (χ2n) is 8.85. The van der Waals surface area contributed by atoms with Crippen molar-refractivity contribution in [3.05, 3.63) is 53.1 Å². The van der Waals surface area contributed by atoms with Crippen LogP contribution in [0.5, 0.6) is 0 Å². The Morgan fingerprint density at radius 1 is 1.22 bits per heavy atom. The summed E-state index contributed by atoms with van der Waals surface area (Å²) in [5.41, 5.74) is 1.25. The number of hydrogen-bond donors (Lipinski definition) is 3. The lowest BCUT2D eigenvalue weighted by atomic mass is 10.2. The van der Waals surface area contributed by atoms with Gasteiger partial charge in [0.1, 0.15) is 21.9 Å². The number of carbonyl (C=O) groups is 3. The molecular formula is C27H38N6O3S. The minimum atomic E-state index is -0.529. The highest BCUT2D eigenvalue weighted by Crippen LogP contribution is 2.38. The van der Waals surface area contributed by atoms with Gasteiger partial charge in [0.25, 0.3) is 11.8 Å². The number of thioether (sulfide) groups is 1. The van der Waals surface area contributed by atoms with Crippen molar-refractivity contribution in [3.8, 4) is 6.07 Å². The Bertz CT molecular complexity index is 1030. The molecule has 3 N–H and O–H groups in total. The van der Waals surface area contributed by atoms with Crippen LogP contribution in [-0.4, -0.2) is 78.1 Å². The molecule has 1 atom stereocenters. The molecule has 1 aliphatic heterocycles. The van der Waals surface area contributed by atoms with Gasteiger partial charge in [0.15, 0.2) is 0 Å². The van der Waals surface area contributed by atoms with Crippen LogP contribution in [0, 0.1) is 11.3 Å². The quantitative estimate of drug-likeness (QED) is 0.194. The third-order valence-corrected chi connectivity index (χ3v) is 7.08. The van der Waals surface area contributed by atoms with E-state index in [1.165, 1.54) is 22.7 Å². The minimum absolute atomic E-state index is 0.0801. The molecule has 10 heteroatoms. The normalized spacial score (nSPS) is 16.5. The van der Waals surface area contributed by atoms with Gasteiger partial charge in [-0.25, -0.2) is 0 Å². The maximum absolute atomic E-state index is 13.1. The molecule has 2 rings (SSSR count). The molecule has 0 bridgehead atoms. The van der Waals surface area contributed by atoms with Gasteiger partial charge in [0.05, 0.1) is 0 Å². The van der Waals surface area contributed by atoms with Crippen LogP contribution in [0.2, 0.25) is 0 Å². The van der Waals surface area contributed by atoms with E-state index in [0.717, 1.165) is 31.7 Å². The lowest BCUT2D eigenvalue weighted by molar-refractivity contribution is -0.128. The van der Waals surface area contributed by atoms with E-state index < -0.39 is 11.2 Å². The molecule has 1 unspecified atom stereocenters. The van der Waals surface area contributed by atoms with Crippen LogP contribution >= 0.6 is 11.8 Å². The van der Waals surface area contributed by atoms with Crippen molar-refractivity contribution in [1.82, 2.24) is 20.4 Å². The maximum atomic E-state index is 13.1. The van der Waals surface area contributed by atoms with Gasteiger partial charge < -0.3 is 25.8 Å². The zero-order chi connectivity index (χ0) is 27.4. The van der Waals surface area contributed by atoms with Gasteiger partial charge in [-0.05, 0) is 57.6 Å². The second-order valence-corrected chi connectivity index (χ2v) is 10.0. The molecule has 1 aromatic carbocycles. The van der Waals surface area contributed by atoms with Gasteiger partial charge in [-0.1, -0.05) is 31.7 Å². The summed E-state index contributed by atoms with van der Waals surface area (Å²) in [7, 11) is 0. The highest BCUT2D eigenvalue weighted by atomic mass is 32.2. The first-order valence-corrected chi connectivity index (χ1v) is 13.5. The van der Waals surface area contributed by atoms with Crippen LogP contribution in [-0.2, 0) is 9.59 Å². The van der Waals surface area contributed by atoms with Crippen LogP contribution in [0.25, 0.3) is 0 Å². The average molecular weight is 527 g/mol. The molecule has 0 saturated carbocycles. The average Bonchev–Trinajstić information content (AvgIpc) is 3.21. The number of nitrogens with one attached hydrogen (secondary N) is 3. The Morgan fingerprint density at radius 3 is 2.49 bits per heavy atom. The summed E-state index contributed by atoms with van der Waals surface area (Å²) in [4.78, 5) is 41.9. The molecule has 1 aromatic rings. The van der Waals surface area contributed by atoms with Crippen molar-refractivity contribution in [1.29, 1.82) is 5.26 Å². The van der Waals surface area contributed by atoms with E-state index in [9.17, 15) is 19.6 Å². The molecule has 1 heterocycles. The molecule has 37 heavy (non-hydrogen) atoms. The number of likely N-dealkylation sites (N-methyl/N-ethyl adjacent to an activating group) is 1. The molecule has 200 valence electrons. The maximum Gasteiger partial charge on any atom is 0.264 e. The number of nitrogens with zero attached hydrogens (tertiary/aromatic N) is 3. The first-order chi connectivity index (χ1) is 17.8. The molecule has 0 aromatic heterocycles. The van der Waals surface area contributed by atoms with Gasteiger partial charge in [-0.3, -0.25) is 14.4 Å². The molecule has 9 nitrogen and oxygen atoms in total. The van der Waals surface area contributed by atoms with E-state index in [1.54, 1.807) is 24.3 Å². The number of hydrogen-bond acceptors (Lipinski definition) is 7. The van der Waals surface area contributed by atoms with E-state index in [0.29, 0.717) is 23.7 Å². The third-order valence-electron chi connectivity index (χ3n) is 5.80. The molecule has 1 fully saturated rings. The van der Waals surface area contributed by atoms with E-state index in [1.807, 2.05) is 19.9 Å². The summed E-state index contributed by atoms with van der Waals surface area (Å²) >= 11 is 1.21. The van der Waals surface area contributed by atoms with Crippen molar-refractivity contribution in [2.24, 2.45) is 0 Å². The summed E-state index contributed by atoms with van der Waals surface area (Å²) in [6, 6.07) is 8.84. The van der Waals surface area contributed by atoms with Crippen molar-refractivity contribution >= 4 is 35.2 Å². The fourth-order valence-corrected chi connectivity index (χ4v) is 5.19. The standard InChI is InChI=1S/C27H38N6O3S/c1-6-13-29-25(35)22(17-28)27-33(19(4)5)26(36)23(37-27)18-31-21-11-9-20(10-12-21)24(34)30-14-16-32(8-3)15-7-2/h6,9-12,19,23,31H,1,7-8,13-16,18H2,2-5H3,(H,29,35)(H,30,34)/b27-22-. The van der Waals surface area contributed by atoms with Crippen molar-refractivity contribution in [2.45, 2.75) is 45.4 Å². The predicted octanol–water partition coefficient (Wildman–Crippen LogP) is 2.95. The van der Waals surface area contributed by atoms with E-state index in [4.69, 9.17) is 0 Å². The van der Waals surface area contributed by atoms with Gasteiger partial charge in [0, 0.05) is 43.5 Å². The number of rotatable bonds is 14. The fraction of sp³-hybridized carbons (Fsp3) is 0.481. The highest BCUT2D eigenvalue weighted by molar-refractivity contribution is 8.04. The van der Waals surface area contributed by atoms with Crippen molar-refractivity contribution < 1.29 is 14.4 Å². The number of benzene rings is 1. The Balaban J connectivity index is 2.00. The van der Waals surface area contributed by atoms with Crippen LogP contribution < -0.4 is 16.0 Å². The molecule has 1 saturated heterocycles. The molecular weight excluding hydrogens is 488 g/mol. The largest absolute Gasteiger partial charge is 0.383 e. The Hall–Kier alpha value is -3.29. The zero-order valence-electron chi connectivity index (χ0n) is 22.2. The zero-order valence-corrected chi connectivity index (χ0v) is 23.0. The number of anilines is 1. The van der Waals surface area contributed by atoms with Gasteiger partial charge in [0.2, 0.25) is 5.91 Å². The van der Waals surface area contributed by atoms with Crippen molar-refractivity contribution in [2.75, 3.05) is 44.6 Å². The molecule has 3 amide bonds. The van der Waals surface area contributed by atoms with Crippen molar-refractivity contribution in [3.63, 3.8) is 0 Å². The number of carbonyl (C=O) groups excluding carboxylic acids is 3. The lowest BCUT2D eigenvalue weighted by Gasteiger charge is -2.22. The van der Waals surface area contributed by atoms with Gasteiger partial charge in [-0.15, -0.1) is 6.58 Å². The Morgan fingerprint density at radius 2 is 1.92 bits per heavy atom. The summed E-state index contributed by atoms with van der Waals surface area (Å²) in [5, 5.41) is 18.3. The monoisotopic (exact) mass is 526 g/mol. The van der Waals surface area contributed by atoms with Crippen LogP contribution in [0.4, 0.5) is 5.69 Å². The van der Waals surface area contributed by atoms with E-state index >= 15 is 0 Å². The highest BCUT2D eigenvalue weighted by Gasteiger charge is 2.40. The van der Waals surface area contributed by atoms with E-state index in [2.05, 4.69) is 41.3 Å². The van der Waals surface area contributed by atoms with Crippen LogP contribution in [0.3, 0.4) is 0 Å².